The highest BCUT2D eigenvalue weighted by molar-refractivity contribution is 7.99. The number of nitrogens with zero attached hydrogens (tertiary/aromatic N) is 4. The first-order valence-electron chi connectivity index (χ1n) is 7.06. The molecule has 120 valence electrons. The third kappa shape index (κ3) is 3.70. The Hall–Kier alpha value is -2.35. The first kappa shape index (κ1) is 15.5. The lowest BCUT2D eigenvalue weighted by molar-refractivity contribution is 0.399. The Kier molecular flexibility index (Phi) is 4.61. The van der Waals surface area contributed by atoms with Gasteiger partial charge >= 0.3 is 0 Å². The maximum Gasteiger partial charge on any atom is 0.277 e. The molecule has 2 aromatic heterocycles. The van der Waals surface area contributed by atoms with Gasteiger partial charge in [0.2, 0.25) is 17.7 Å². The van der Waals surface area contributed by atoms with Crippen LogP contribution < -0.4 is 4.74 Å². The molecule has 0 saturated heterocycles. The van der Waals surface area contributed by atoms with Crippen LogP contribution in [0.1, 0.15) is 35.4 Å². The summed E-state index contributed by atoms with van der Waals surface area (Å²) in [7, 11) is 1.64. The average molecular weight is 332 g/mol. The molecular weight excluding hydrogens is 316 g/mol. The third-order valence-corrected chi connectivity index (χ3v) is 4.07. The van der Waals surface area contributed by atoms with E-state index in [4.69, 9.17) is 13.6 Å². The molecule has 2 heterocycles. The quantitative estimate of drug-likeness (QED) is 0.636. The number of benzene rings is 1. The molecule has 0 aliphatic rings. The van der Waals surface area contributed by atoms with Gasteiger partial charge in [0.25, 0.3) is 5.22 Å². The van der Waals surface area contributed by atoms with Crippen molar-refractivity contribution in [1.29, 1.82) is 0 Å². The number of hydrogen-bond donors (Lipinski definition) is 0. The predicted molar refractivity (Wildman–Crippen MR) is 83.4 cm³/mol. The van der Waals surface area contributed by atoms with E-state index in [0.717, 1.165) is 11.3 Å². The van der Waals surface area contributed by atoms with Crippen LogP contribution in [0.5, 0.6) is 5.75 Å². The van der Waals surface area contributed by atoms with E-state index in [0.29, 0.717) is 29.3 Å². The minimum absolute atomic E-state index is 0.0595. The Labute approximate surface area is 137 Å². The van der Waals surface area contributed by atoms with Crippen LogP contribution in [0.15, 0.2) is 38.3 Å². The van der Waals surface area contributed by atoms with Gasteiger partial charge in [0.05, 0.1) is 18.8 Å². The zero-order chi connectivity index (χ0) is 16.2. The van der Waals surface area contributed by atoms with Crippen LogP contribution in [0.3, 0.4) is 0 Å². The number of aromatic nitrogens is 4. The molecule has 3 aromatic rings. The Balaban J connectivity index is 1.68. The molecule has 1 atom stereocenters. The van der Waals surface area contributed by atoms with Crippen molar-refractivity contribution in [2.24, 2.45) is 0 Å². The van der Waals surface area contributed by atoms with Gasteiger partial charge in [0.1, 0.15) is 5.75 Å². The van der Waals surface area contributed by atoms with Gasteiger partial charge in [-0.05, 0) is 13.0 Å². The summed E-state index contributed by atoms with van der Waals surface area (Å²) in [5, 5.41) is 16.4. The lowest BCUT2D eigenvalue weighted by atomic mass is 10.1. The largest absolute Gasteiger partial charge is 0.496 e. The van der Waals surface area contributed by atoms with Gasteiger partial charge < -0.3 is 13.6 Å². The van der Waals surface area contributed by atoms with Crippen LogP contribution in [0.4, 0.5) is 0 Å². The summed E-state index contributed by atoms with van der Waals surface area (Å²) in [5.41, 5.74) is 0.996. The second-order valence-corrected chi connectivity index (χ2v) is 6.16. The van der Waals surface area contributed by atoms with Crippen LogP contribution >= 0.6 is 11.8 Å². The Bertz CT molecular complexity index is 786. The van der Waals surface area contributed by atoms with Crippen molar-refractivity contribution >= 4 is 11.8 Å². The molecule has 1 aromatic carbocycles. The maximum absolute atomic E-state index is 5.68. The van der Waals surface area contributed by atoms with Crippen LogP contribution in [0, 0.1) is 6.92 Å². The molecule has 0 radical (unpaired) electrons. The van der Waals surface area contributed by atoms with Gasteiger partial charge in [-0.2, -0.15) is 0 Å². The van der Waals surface area contributed by atoms with E-state index in [-0.39, 0.29) is 5.25 Å². The molecule has 0 fully saturated rings. The van der Waals surface area contributed by atoms with Gasteiger partial charge in [-0.1, -0.05) is 30.0 Å². The monoisotopic (exact) mass is 332 g/mol. The van der Waals surface area contributed by atoms with E-state index >= 15 is 0 Å². The number of para-hydroxylation sites is 1. The summed E-state index contributed by atoms with van der Waals surface area (Å²) in [6.07, 6.45) is 0.519. The summed E-state index contributed by atoms with van der Waals surface area (Å²) in [6.45, 7) is 3.70. The average Bonchev–Trinajstić information content (AvgIpc) is 3.17. The fourth-order valence-electron chi connectivity index (χ4n) is 2.05. The van der Waals surface area contributed by atoms with Crippen LogP contribution in [0.2, 0.25) is 0 Å². The van der Waals surface area contributed by atoms with Crippen molar-refractivity contribution < 1.29 is 13.6 Å². The van der Waals surface area contributed by atoms with E-state index in [1.807, 2.05) is 31.2 Å². The van der Waals surface area contributed by atoms with Gasteiger partial charge in [0.15, 0.2) is 0 Å². The molecule has 7 nitrogen and oxygen atoms in total. The zero-order valence-electron chi connectivity index (χ0n) is 13.0. The van der Waals surface area contributed by atoms with Crippen molar-refractivity contribution in [3.05, 3.63) is 47.5 Å². The minimum atomic E-state index is -0.0595. The molecule has 0 aliphatic carbocycles. The predicted octanol–water partition coefficient (Wildman–Crippen LogP) is 3.21. The van der Waals surface area contributed by atoms with Crippen LogP contribution in [-0.2, 0) is 6.42 Å². The SMILES string of the molecule is COc1ccccc1Cc1nnc(S[C@@H](C)c2nnc(C)o2)o1. The van der Waals surface area contributed by atoms with E-state index in [1.165, 1.54) is 11.8 Å². The highest BCUT2D eigenvalue weighted by atomic mass is 32.2. The summed E-state index contributed by atoms with van der Waals surface area (Å²) in [6, 6.07) is 7.75. The van der Waals surface area contributed by atoms with E-state index in [1.54, 1.807) is 14.0 Å². The standard InChI is InChI=1S/C15H16N4O3S/c1-9(14-18-16-10(2)21-14)23-15-19-17-13(22-15)8-11-6-4-5-7-12(11)20-3/h4-7,9H,8H2,1-3H3/t9-/m0/s1. The molecule has 0 aliphatic heterocycles. The van der Waals surface area contributed by atoms with Crippen LogP contribution in [-0.4, -0.2) is 27.5 Å². The Morgan fingerprint density at radius 1 is 1.13 bits per heavy atom. The molecule has 23 heavy (non-hydrogen) atoms. The Morgan fingerprint density at radius 2 is 1.96 bits per heavy atom. The highest BCUT2D eigenvalue weighted by Crippen LogP contribution is 2.33. The van der Waals surface area contributed by atoms with Gasteiger partial charge in [-0.15, -0.1) is 20.4 Å². The van der Waals surface area contributed by atoms with E-state index < -0.39 is 0 Å². The molecule has 0 unspecified atom stereocenters. The van der Waals surface area contributed by atoms with E-state index in [9.17, 15) is 0 Å². The normalized spacial score (nSPS) is 12.3. The lowest BCUT2D eigenvalue weighted by Gasteiger charge is -2.05. The molecular formula is C15H16N4O3S. The maximum atomic E-state index is 5.68. The Morgan fingerprint density at radius 3 is 2.70 bits per heavy atom. The number of aryl methyl sites for hydroxylation is 1. The molecule has 0 spiro atoms. The fraction of sp³-hybridized carbons (Fsp3) is 0.333. The van der Waals surface area contributed by atoms with Gasteiger partial charge in [-0.3, -0.25) is 0 Å². The number of ether oxygens (including phenoxy) is 1. The van der Waals surface area contributed by atoms with Crippen molar-refractivity contribution in [3.63, 3.8) is 0 Å². The highest BCUT2D eigenvalue weighted by Gasteiger charge is 2.18. The molecule has 0 saturated carbocycles. The molecule has 0 amide bonds. The first-order valence-corrected chi connectivity index (χ1v) is 7.94. The number of rotatable bonds is 6. The number of hydrogen-bond acceptors (Lipinski definition) is 8. The second kappa shape index (κ2) is 6.82. The van der Waals surface area contributed by atoms with Crippen LogP contribution in [0.25, 0.3) is 0 Å². The number of thioether (sulfide) groups is 1. The van der Waals surface area contributed by atoms with E-state index in [2.05, 4.69) is 20.4 Å². The molecule has 8 heteroatoms. The first-order chi connectivity index (χ1) is 11.2. The zero-order valence-corrected chi connectivity index (χ0v) is 13.8. The molecule has 0 bridgehead atoms. The second-order valence-electron chi connectivity index (χ2n) is 4.87. The lowest BCUT2D eigenvalue weighted by Crippen LogP contribution is -1.93. The van der Waals surface area contributed by atoms with Crippen molar-refractivity contribution in [2.45, 2.75) is 30.7 Å². The van der Waals surface area contributed by atoms with Gasteiger partial charge in [-0.25, -0.2) is 0 Å². The fourth-order valence-corrected chi connectivity index (χ4v) is 2.78. The van der Waals surface area contributed by atoms with Crippen molar-refractivity contribution in [1.82, 2.24) is 20.4 Å². The summed E-state index contributed by atoms with van der Waals surface area (Å²) >= 11 is 1.38. The van der Waals surface area contributed by atoms with Crippen molar-refractivity contribution in [2.75, 3.05) is 7.11 Å². The van der Waals surface area contributed by atoms with Gasteiger partial charge in [0, 0.05) is 12.5 Å². The molecule has 3 rings (SSSR count). The molecule has 0 N–H and O–H groups in total. The summed E-state index contributed by atoms with van der Waals surface area (Å²) in [5.74, 6) is 2.41. The minimum Gasteiger partial charge on any atom is -0.496 e. The summed E-state index contributed by atoms with van der Waals surface area (Å²) in [4.78, 5) is 0. The smallest absolute Gasteiger partial charge is 0.277 e. The summed E-state index contributed by atoms with van der Waals surface area (Å²) < 4.78 is 16.4. The third-order valence-electron chi connectivity index (χ3n) is 3.15. The number of methoxy groups -OCH3 is 1. The van der Waals surface area contributed by atoms with Crippen molar-refractivity contribution in [3.8, 4) is 5.75 Å². The topological polar surface area (TPSA) is 87.1 Å².